The average molecular weight is 508 g/mol. The lowest BCUT2D eigenvalue weighted by Crippen LogP contribution is -2.31. The number of amidine groups is 1. The van der Waals surface area contributed by atoms with Gasteiger partial charge in [-0.1, -0.05) is 74.3 Å². The first-order valence-electron chi connectivity index (χ1n) is 11.7. The van der Waals surface area contributed by atoms with Crippen LogP contribution in [0.3, 0.4) is 0 Å². The molecule has 0 fully saturated rings. The molecular weight excluding hydrogens is 479 g/mol. The number of rotatable bonds is 6. The third-order valence-electron chi connectivity index (χ3n) is 6.04. The highest BCUT2D eigenvalue weighted by molar-refractivity contribution is 6.30. The minimum Gasteiger partial charge on any atom is -0.490 e. The molecule has 0 saturated heterocycles. The van der Waals surface area contributed by atoms with E-state index in [9.17, 15) is 4.79 Å². The number of aliphatic imine (C=N–C) groups is 1. The summed E-state index contributed by atoms with van der Waals surface area (Å²) in [5.74, 6) is 1.22. The van der Waals surface area contributed by atoms with Crippen molar-refractivity contribution in [1.82, 2.24) is 4.90 Å². The molecule has 3 aromatic carbocycles. The highest BCUT2D eigenvalue weighted by Crippen LogP contribution is 2.44. The normalized spacial score (nSPS) is 18.1. The van der Waals surface area contributed by atoms with Crippen LogP contribution in [0.5, 0.6) is 5.75 Å². The van der Waals surface area contributed by atoms with Gasteiger partial charge in [0.1, 0.15) is 17.6 Å². The first-order chi connectivity index (χ1) is 16.6. The Kier molecular flexibility index (Phi) is 7.25. The Bertz CT molecular complexity index is 1230. The van der Waals surface area contributed by atoms with Gasteiger partial charge in [0.25, 0.3) is 0 Å². The van der Waals surface area contributed by atoms with E-state index in [1.54, 1.807) is 4.90 Å². The fourth-order valence-electron chi connectivity index (χ4n) is 4.27. The highest BCUT2D eigenvalue weighted by Gasteiger charge is 2.40. The van der Waals surface area contributed by atoms with E-state index in [2.05, 4.69) is 33.2 Å². The minimum atomic E-state index is -0.393. The van der Waals surface area contributed by atoms with Gasteiger partial charge in [-0.25, -0.2) is 0 Å². The Morgan fingerprint density at radius 2 is 1.49 bits per heavy atom. The van der Waals surface area contributed by atoms with Gasteiger partial charge in [-0.05, 0) is 72.4 Å². The highest BCUT2D eigenvalue weighted by atomic mass is 35.5. The summed E-state index contributed by atoms with van der Waals surface area (Å²) in [6.07, 6.45) is 2.11. The molecule has 181 valence electrons. The van der Waals surface area contributed by atoms with Gasteiger partial charge >= 0.3 is 6.41 Å². The molecule has 2 atom stereocenters. The van der Waals surface area contributed by atoms with Crippen LogP contribution in [0.1, 0.15) is 69.0 Å². The Labute approximate surface area is 217 Å². The molecule has 0 N–H and O–H groups in total. The zero-order valence-corrected chi connectivity index (χ0v) is 22.1. The van der Waals surface area contributed by atoms with E-state index >= 15 is 0 Å². The quantitative estimate of drug-likeness (QED) is 0.343. The SMILES string of the molecule is CC(C)Oc1cc(C(C)(C)C)ccc1C1=N[C@@H](c2ccc(Cl)cc2)[C@@H](c2ccc(Cl)cc2)N1[C]=O. The molecular formula is C29H29Cl2N2O2. The van der Waals surface area contributed by atoms with Crippen LogP contribution in [0, 0.1) is 0 Å². The molecule has 1 aliphatic heterocycles. The lowest BCUT2D eigenvalue weighted by molar-refractivity contribution is 0.241. The standard InChI is InChI=1S/C29H29Cl2N2O2/c1-18(2)35-25-16-21(29(3,4)5)10-15-24(25)28-32-26(19-6-11-22(30)12-7-19)27(33(28)17-34)20-8-13-23(31)14-9-20/h6-16,18,26-27H,1-5H3/t26-,27+/m0/s1. The van der Waals surface area contributed by atoms with Crippen LogP contribution in [0.4, 0.5) is 0 Å². The van der Waals surface area contributed by atoms with Crippen molar-refractivity contribution >= 4 is 35.4 Å². The number of halogens is 2. The van der Waals surface area contributed by atoms with Gasteiger partial charge in [-0.3, -0.25) is 14.7 Å². The van der Waals surface area contributed by atoms with Crippen molar-refractivity contribution in [2.24, 2.45) is 4.99 Å². The van der Waals surface area contributed by atoms with Crippen LogP contribution in [0.2, 0.25) is 10.0 Å². The van der Waals surface area contributed by atoms with Crippen molar-refractivity contribution in [2.45, 2.75) is 58.2 Å². The van der Waals surface area contributed by atoms with E-state index in [4.69, 9.17) is 32.9 Å². The summed E-state index contributed by atoms with van der Waals surface area (Å²) in [6.45, 7) is 10.5. The van der Waals surface area contributed by atoms with Crippen LogP contribution in [-0.4, -0.2) is 23.2 Å². The first-order valence-corrected chi connectivity index (χ1v) is 12.4. The molecule has 0 aromatic heterocycles. The molecule has 0 bridgehead atoms. The Balaban J connectivity index is 1.89. The van der Waals surface area contributed by atoms with E-state index in [1.165, 1.54) is 0 Å². The average Bonchev–Trinajstić information content (AvgIpc) is 3.18. The largest absolute Gasteiger partial charge is 0.490 e. The molecule has 6 heteroatoms. The predicted molar refractivity (Wildman–Crippen MR) is 143 cm³/mol. The number of amides is 1. The molecule has 0 unspecified atom stereocenters. The molecule has 1 heterocycles. The fourth-order valence-corrected chi connectivity index (χ4v) is 4.52. The van der Waals surface area contributed by atoms with E-state index in [-0.39, 0.29) is 17.6 Å². The summed E-state index contributed by atoms with van der Waals surface area (Å²) >= 11 is 12.3. The van der Waals surface area contributed by atoms with E-state index in [1.807, 2.05) is 74.5 Å². The second-order valence-corrected chi connectivity index (χ2v) is 10.9. The van der Waals surface area contributed by atoms with Crippen molar-refractivity contribution in [3.63, 3.8) is 0 Å². The van der Waals surface area contributed by atoms with Crippen molar-refractivity contribution in [3.8, 4) is 5.75 Å². The number of hydrogen-bond donors (Lipinski definition) is 0. The van der Waals surface area contributed by atoms with Crippen molar-refractivity contribution in [2.75, 3.05) is 0 Å². The van der Waals surface area contributed by atoms with Crippen LogP contribution >= 0.6 is 23.2 Å². The number of carbonyl (C=O) groups excluding carboxylic acids is 1. The Hall–Kier alpha value is -2.82. The second-order valence-electron chi connectivity index (χ2n) is 10.0. The van der Waals surface area contributed by atoms with Crippen LogP contribution < -0.4 is 4.74 Å². The summed E-state index contributed by atoms with van der Waals surface area (Å²) in [6, 6.07) is 20.4. The van der Waals surface area contributed by atoms with Crippen molar-refractivity contribution in [3.05, 3.63) is 99.0 Å². The molecule has 4 nitrogen and oxygen atoms in total. The molecule has 1 aliphatic rings. The summed E-state index contributed by atoms with van der Waals surface area (Å²) < 4.78 is 6.23. The number of ether oxygens (including phenoxy) is 1. The van der Waals surface area contributed by atoms with Gasteiger partial charge in [0, 0.05) is 10.0 Å². The lowest BCUT2D eigenvalue weighted by Gasteiger charge is -2.27. The lowest BCUT2D eigenvalue weighted by atomic mass is 9.86. The molecule has 3 aromatic rings. The molecule has 0 spiro atoms. The fraction of sp³-hybridized carbons (Fsp3) is 0.310. The molecule has 35 heavy (non-hydrogen) atoms. The van der Waals surface area contributed by atoms with Crippen LogP contribution in [-0.2, 0) is 10.2 Å². The maximum absolute atomic E-state index is 12.5. The Morgan fingerprint density at radius 3 is 2.00 bits per heavy atom. The van der Waals surface area contributed by atoms with Crippen molar-refractivity contribution < 1.29 is 9.53 Å². The van der Waals surface area contributed by atoms with Gasteiger partial charge in [0.2, 0.25) is 0 Å². The molecule has 0 aliphatic carbocycles. The minimum absolute atomic E-state index is 0.0428. The summed E-state index contributed by atoms with van der Waals surface area (Å²) in [7, 11) is 0. The van der Waals surface area contributed by atoms with Gasteiger partial charge in [0.05, 0.1) is 17.7 Å². The zero-order chi connectivity index (χ0) is 25.3. The number of nitrogens with zero attached hydrogens (tertiary/aromatic N) is 2. The smallest absolute Gasteiger partial charge is 0.318 e. The van der Waals surface area contributed by atoms with Gasteiger partial charge in [0.15, 0.2) is 0 Å². The maximum Gasteiger partial charge on any atom is 0.318 e. The first kappa shape index (κ1) is 25.3. The van der Waals surface area contributed by atoms with Gasteiger partial charge in [-0.2, -0.15) is 0 Å². The molecule has 1 radical (unpaired) electrons. The topological polar surface area (TPSA) is 41.9 Å². The third kappa shape index (κ3) is 5.39. The predicted octanol–water partition coefficient (Wildman–Crippen LogP) is 7.69. The maximum atomic E-state index is 12.5. The molecule has 4 rings (SSSR count). The van der Waals surface area contributed by atoms with Gasteiger partial charge in [-0.15, -0.1) is 0 Å². The number of hydrogen-bond acceptors (Lipinski definition) is 3. The zero-order valence-electron chi connectivity index (χ0n) is 20.5. The summed E-state index contributed by atoms with van der Waals surface area (Å²) in [4.78, 5) is 19.1. The molecule has 1 amide bonds. The summed E-state index contributed by atoms with van der Waals surface area (Å²) in [5.41, 5.74) is 3.70. The summed E-state index contributed by atoms with van der Waals surface area (Å²) in [5, 5.41) is 1.27. The van der Waals surface area contributed by atoms with E-state index in [0.29, 0.717) is 21.6 Å². The number of benzene rings is 3. The second kappa shape index (κ2) is 10.0. The third-order valence-corrected chi connectivity index (χ3v) is 6.54. The van der Waals surface area contributed by atoms with Crippen LogP contribution in [0.25, 0.3) is 0 Å². The van der Waals surface area contributed by atoms with Crippen LogP contribution in [0.15, 0.2) is 71.7 Å². The van der Waals surface area contributed by atoms with E-state index in [0.717, 1.165) is 22.3 Å². The monoisotopic (exact) mass is 507 g/mol. The van der Waals surface area contributed by atoms with Gasteiger partial charge < -0.3 is 4.74 Å². The van der Waals surface area contributed by atoms with E-state index < -0.39 is 6.04 Å². The Morgan fingerprint density at radius 1 is 0.914 bits per heavy atom. The molecule has 0 saturated carbocycles. The van der Waals surface area contributed by atoms with Crippen molar-refractivity contribution in [1.29, 1.82) is 0 Å².